The molecule has 1 aromatic carbocycles. The van der Waals surface area contributed by atoms with Crippen LogP contribution in [0.5, 0.6) is 5.75 Å². The molecular weight excluding hydrogens is 454 g/mol. The number of carbonyl (C=O) groups excluding carboxylic acids is 2. The second-order valence-electron chi connectivity index (χ2n) is 7.11. The van der Waals surface area contributed by atoms with Crippen molar-refractivity contribution in [1.82, 2.24) is 9.29 Å². The number of amides is 1. The molecule has 0 saturated carbocycles. The third-order valence-electron chi connectivity index (χ3n) is 4.77. The van der Waals surface area contributed by atoms with E-state index in [2.05, 4.69) is 10.3 Å². The van der Waals surface area contributed by atoms with E-state index < -0.39 is 28.5 Å². The van der Waals surface area contributed by atoms with Crippen LogP contribution in [0.15, 0.2) is 34.6 Å². The maximum absolute atomic E-state index is 12.9. The van der Waals surface area contributed by atoms with Crippen molar-refractivity contribution in [2.45, 2.75) is 31.1 Å². The van der Waals surface area contributed by atoms with Crippen LogP contribution < -0.4 is 10.1 Å². The summed E-state index contributed by atoms with van der Waals surface area (Å²) in [4.78, 5) is 28.4. The van der Waals surface area contributed by atoms with Gasteiger partial charge in [-0.3, -0.25) is 4.79 Å². The van der Waals surface area contributed by atoms with Crippen molar-refractivity contribution in [1.29, 1.82) is 0 Å². The first kappa shape index (κ1) is 23.9. The Morgan fingerprint density at radius 1 is 1.25 bits per heavy atom. The standard InChI is InChI=1S/C21H25N3O6S2/c1-15-22-16(14-31-15)6-9-21(26)30-13-20(25)23-18-12-17(7-8-19(18)29-2)32(27,28)24-10-4-3-5-11-24/h6-9,12,14H,3-5,10-11,13H2,1-2H3,(H,23,25)/b9-6+. The molecule has 0 bridgehead atoms. The van der Waals surface area contributed by atoms with Gasteiger partial charge in [-0.05, 0) is 44.0 Å². The van der Waals surface area contributed by atoms with E-state index in [-0.39, 0.29) is 10.6 Å². The fraction of sp³-hybridized carbons (Fsp3) is 0.381. The summed E-state index contributed by atoms with van der Waals surface area (Å²) in [7, 11) is -2.26. The topological polar surface area (TPSA) is 115 Å². The number of sulfonamides is 1. The van der Waals surface area contributed by atoms with Crippen LogP contribution in [0.2, 0.25) is 0 Å². The molecule has 0 unspecified atom stereocenters. The molecule has 9 nitrogen and oxygen atoms in total. The van der Waals surface area contributed by atoms with Crippen molar-refractivity contribution in [3.8, 4) is 5.75 Å². The van der Waals surface area contributed by atoms with Crippen LogP contribution in [0.25, 0.3) is 6.08 Å². The van der Waals surface area contributed by atoms with Crippen LogP contribution in [0.4, 0.5) is 5.69 Å². The number of hydrogen-bond acceptors (Lipinski definition) is 8. The molecule has 0 aliphatic carbocycles. The highest BCUT2D eigenvalue weighted by atomic mass is 32.2. The summed E-state index contributed by atoms with van der Waals surface area (Å²) >= 11 is 1.45. The lowest BCUT2D eigenvalue weighted by Crippen LogP contribution is -2.35. The number of hydrogen-bond donors (Lipinski definition) is 1. The molecule has 0 radical (unpaired) electrons. The highest BCUT2D eigenvalue weighted by Crippen LogP contribution is 2.30. The molecule has 1 aliphatic rings. The van der Waals surface area contributed by atoms with E-state index in [9.17, 15) is 18.0 Å². The fourth-order valence-corrected chi connectivity index (χ4v) is 5.31. The number of nitrogens with zero attached hydrogens (tertiary/aromatic N) is 2. The Balaban J connectivity index is 1.63. The van der Waals surface area contributed by atoms with Gasteiger partial charge < -0.3 is 14.8 Å². The largest absolute Gasteiger partial charge is 0.495 e. The monoisotopic (exact) mass is 479 g/mol. The van der Waals surface area contributed by atoms with Gasteiger partial charge in [0, 0.05) is 24.5 Å². The minimum Gasteiger partial charge on any atom is -0.495 e. The van der Waals surface area contributed by atoms with Crippen molar-refractivity contribution in [2.24, 2.45) is 0 Å². The van der Waals surface area contributed by atoms with Gasteiger partial charge in [-0.15, -0.1) is 11.3 Å². The second kappa shape index (κ2) is 10.7. The molecule has 2 aromatic rings. The first-order valence-electron chi connectivity index (χ1n) is 10.0. The summed E-state index contributed by atoms with van der Waals surface area (Å²) in [6, 6.07) is 4.29. The van der Waals surface area contributed by atoms with Gasteiger partial charge in [0.05, 0.1) is 28.4 Å². The van der Waals surface area contributed by atoms with Crippen molar-refractivity contribution < 1.29 is 27.5 Å². The van der Waals surface area contributed by atoms with Gasteiger partial charge in [0.15, 0.2) is 6.61 Å². The van der Waals surface area contributed by atoms with E-state index in [0.717, 1.165) is 24.3 Å². The van der Waals surface area contributed by atoms with Crippen LogP contribution in [0.3, 0.4) is 0 Å². The smallest absolute Gasteiger partial charge is 0.331 e. The molecule has 32 heavy (non-hydrogen) atoms. The molecule has 1 fully saturated rings. The summed E-state index contributed by atoms with van der Waals surface area (Å²) in [6.45, 7) is 2.26. The average Bonchev–Trinajstić information content (AvgIpc) is 3.22. The predicted molar refractivity (Wildman–Crippen MR) is 121 cm³/mol. The lowest BCUT2D eigenvalue weighted by Gasteiger charge is -2.26. The first-order chi connectivity index (χ1) is 15.3. The Bertz CT molecular complexity index is 1100. The number of piperidine rings is 1. The van der Waals surface area contributed by atoms with Crippen molar-refractivity contribution >= 4 is 45.0 Å². The Morgan fingerprint density at radius 3 is 2.66 bits per heavy atom. The van der Waals surface area contributed by atoms with Gasteiger partial charge in [-0.2, -0.15) is 4.31 Å². The zero-order valence-corrected chi connectivity index (χ0v) is 19.5. The number of carbonyl (C=O) groups is 2. The zero-order valence-electron chi connectivity index (χ0n) is 17.9. The van der Waals surface area contributed by atoms with Crippen molar-refractivity contribution in [2.75, 3.05) is 32.1 Å². The van der Waals surface area contributed by atoms with Crippen LogP contribution in [-0.2, 0) is 24.3 Å². The van der Waals surface area contributed by atoms with Crippen LogP contribution in [-0.4, -0.2) is 56.4 Å². The van der Waals surface area contributed by atoms with E-state index in [4.69, 9.17) is 9.47 Å². The second-order valence-corrected chi connectivity index (χ2v) is 10.1. The van der Waals surface area contributed by atoms with E-state index in [1.54, 1.807) is 5.38 Å². The molecule has 1 amide bonds. The Hall–Kier alpha value is -2.76. The van der Waals surface area contributed by atoms with E-state index in [1.165, 1.54) is 53.1 Å². The molecule has 2 heterocycles. The number of thiazole rings is 1. The number of anilines is 1. The van der Waals surface area contributed by atoms with Crippen molar-refractivity contribution in [3.05, 3.63) is 40.4 Å². The van der Waals surface area contributed by atoms with Crippen LogP contribution >= 0.6 is 11.3 Å². The number of benzene rings is 1. The average molecular weight is 480 g/mol. The lowest BCUT2D eigenvalue weighted by atomic mass is 10.2. The molecule has 0 spiro atoms. The maximum Gasteiger partial charge on any atom is 0.331 e. The number of methoxy groups -OCH3 is 1. The number of rotatable bonds is 8. The van der Waals surface area contributed by atoms with Gasteiger partial charge in [0.25, 0.3) is 5.91 Å². The van der Waals surface area contributed by atoms with Crippen molar-refractivity contribution in [3.63, 3.8) is 0 Å². The van der Waals surface area contributed by atoms with Gasteiger partial charge in [-0.25, -0.2) is 18.2 Å². The summed E-state index contributed by atoms with van der Waals surface area (Å²) in [5.41, 5.74) is 0.811. The minimum absolute atomic E-state index is 0.0639. The van der Waals surface area contributed by atoms with Gasteiger partial charge in [0.1, 0.15) is 5.75 Å². The highest BCUT2D eigenvalue weighted by Gasteiger charge is 2.27. The molecule has 11 heteroatoms. The van der Waals surface area contributed by atoms with Crippen LogP contribution in [0.1, 0.15) is 30.0 Å². The molecule has 3 rings (SSSR count). The number of nitrogens with one attached hydrogen (secondary N) is 1. The molecule has 1 saturated heterocycles. The molecule has 1 aliphatic heterocycles. The van der Waals surface area contributed by atoms with E-state index in [1.807, 2.05) is 6.92 Å². The quantitative estimate of drug-likeness (QED) is 0.457. The maximum atomic E-state index is 12.9. The first-order valence-corrected chi connectivity index (χ1v) is 12.4. The molecule has 1 aromatic heterocycles. The predicted octanol–water partition coefficient (Wildman–Crippen LogP) is 2.83. The summed E-state index contributed by atoms with van der Waals surface area (Å²) < 4.78 is 37.5. The Kier molecular flexibility index (Phi) is 7.99. The Labute approximate surface area is 191 Å². The number of aryl methyl sites for hydroxylation is 1. The summed E-state index contributed by atoms with van der Waals surface area (Å²) in [6.07, 6.45) is 5.34. The van der Waals surface area contributed by atoms with Gasteiger partial charge in [-0.1, -0.05) is 6.42 Å². The third kappa shape index (κ3) is 6.15. The van der Waals surface area contributed by atoms with Crippen LogP contribution in [0, 0.1) is 6.92 Å². The number of ether oxygens (including phenoxy) is 2. The SMILES string of the molecule is COc1ccc(S(=O)(=O)N2CCCCC2)cc1NC(=O)COC(=O)/C=C/c1csc(C)n1. The fourth-order valence-electron chi connectivity index (χ4n) is 3.18. The molecule has 1 N–H and O–H groups in total. The lowest BCUT2D eigenvalue weighted by molar-refractivity contribution is -0.142. The Morgan fingerprint density at radius 2 is 2.00 bits per heavy atom. The summed E-state index contributed by atoms with van der Waals surface area (Å²) in [5.74, 6) is -1.03. The third-order valence-corrected chi connectivity index (χ3v) is 7.46. The van der Waals surface area contributed by atoms with Gasteiger partial charge in [0.2, 0.25) is 10.0 Å². The minimum atomic E-state index is -3.68. The van der Waals surface area contributed by atoms with Gasteiger partial charge >= 0.3 is 5.97 Å². The van der Waals surface area contributed by atoms with E-state index in [0.29, 0.717) is 24.5 Å². The summed E-state index contributed by atoms with van der Waals surface area (Å²) in [5, 5.41) is 5.22. The zero-order chi connectivity index (χ0) is 23.1. The molecular formula is C21H25N3O6S2. The molecule has 0 atom stereocenters. The highest BCUT2D eigenvalue weighted by molar-refractivity contribution is 7.89. The van der Waals surface area contributed by atoms with E-state index >= 15 is 0 Å². The number of esters is 1. The normalized spacial score (nSPS) is 14.9. The molecule has 172 valence electrons. The number of aromatic nitrogens is 1.